The fourth-order valence-corrected chi connectivity index (χ4v) is 1.14. The Labute approximate surface area is 62.5 Å². The highest BCUT2D eigenvalue weighted by Gasteiger charge is 2.13. The Kier molecular flexibility index (Phi) is 2.90. The van der Waals surface area contributed by atoms with Gasteiger partial charge in [0.15, 0.2) is 0 Å². The van der Waals surface area contributed by atoms with Crippen molar-refractivity contribution >= 4 is 0 Å². The van der Waals surface area contributed by atoms with Crippen molar-refractivity contribution in [1.82, 2.24) is 4.90 Å². The van der Waals surface area contributed by atoms with Gasteiger partial charge in [-0.15, -0.1) is 0 Å². The third kappa shape index (κ3) is 2.12. The summed E-state index contributed by atoms with van der Waals surface area (Å²) in [6.45, 7) is 4.99. The first-order valence-corrected chi connectivity index (χ1v) is 3.76. The van der Waals surface area contributed by atoms with Gasteiger partial charge in [-0.2, -0.15) is 0 Å². The van der Waals surface area contributed by atoms with Crippen LogP contribution >= 0.6 is 0 Å². The maximum absolute atomic E-state index is 5.46. The molecule has 1 saturated heterocycles. The number of morpholine rings is 1. The van der Waals surface area contributed by atoms with Gasteiger partial charge in [0.2, 0.25) is 0 Å². The van der Waals surface area contributed by atoms with Crippen molar-refractivity contribution in [1.29, 1.82) is 0 Å². The molecule has 0 N–H and O–H groups in total. The van der Waals surface area contributed by atoms with Crippen molar-refractivity contribution in [3.8, 4) is 0 Å². The maximum atomic E-state index is 5.46. The molecule has 2 nitrogen and oxygen atoms in total. The number of hydrogen-bond donors (Lipinski definition) is 0. The number of nitrogens with zero attached hydrogens (tertiary/aromatic N) is 1. The van der Waals surface area contributed by atoms with Crippen LogP contribution in [0.15, 0.2) is 12.2 Å². The zero-order valence-corrected chi connectivity index (χ0v) is 6.71. The molecule has 0 spiro atoms. The summed E-state index contributed by atoms with van der Waals surface area (Å²) in [5.41, 5.74) is 0. The van der Waals surface area contributed by atoms with Gasteiger partial charge in [-0.1, -0.05) is 12.2 Å². The molecule has 0 aromatic carbocycles. The van der Waals surface area contributed by atoms with Crippen LogP contribution in [0.5, 0.6) is 0 Å². The summed E-state index contributed by atoms with van der Waals surface area (Å²) < 4.78 is 5.46. The molecular weight excluding hydrogens is 126 g/mol. The van der Waals surface area contributed by atoms with E-state index < -0.39 is 0 Å². The first kappa shape index (κ1) is 7.76. The van der Waals surface area contributed by atoms with Crippen LogP contribution in [0.1, 0.15) is 6.92 Å². The van der Waals surface area contributed by atoms with Crippen LogP contribution in [-0.4, -0.2) is 37.7 Å². The molecule has 1 heterocycles. The zero-order valence-electron chi connectivity index (χ0n) is 6.71. The molecule has 58 valence electrons. The van der Waals surface area contributed by atoms with Crippen molar-refractivity contribution in [2.24, 2.45) is 0 Å². The minimum absolute atomic E-state index is 0.323. The smallest absolute Gasteiger partial charge is 0.0883 e. The largest absolute Gasteiger partial charge is 0.371 e. The van der Waals surface area contributed by atoms with E-state index in [0.717, 1.165) is 19.7 Å². The average Bonchev–Trinajstić information content (AvgIpc) is 1.88. The van der Waals surface area contributed by atoms with Gasteiger partial charge in [0.05, 0.1) is 12.7 Å². The quantitative estimate of drug-likeness (QED) is 0.503. The minimum Gasteiger partial charge on any atom is -0.371 e. The van der Waals surface area contributed by atoms with E-state index in [2.05, 4.69) is 18.0 Å². The Morgan fingerprint density at radius 3 is 3.00 bits per heavy atom. The van der Waals surface area contributed by atoms with Crippen molar-refractivity contribution < 1.29 is 4.74 Å². The topological polar surface area (TPSA) is 12.5 Å². The number of ether oxygens (including phenoxy) is 1. The molecule has 1 fully saturated rings. The van der Waals surface area contributed by atoms with Crippen molar-refractivity contribution in [3.63, 3.8) is 0 Å². The maximum Gasteiger partial charge on any atom is 0.0883 e. The SMILES string of the molecule is C/C=C/C1CN(C)CCO1. The molecule has 1 atom stereocenters. The first-order chi connectivity index (χ1) is 4.83. The van der Waals surface area contributed by atoms with Crippen molar-refractivity contribution in [3.05, 3.63) is 12.2 Å². The summed E-state index contributed by atoms with van der Waals surface area (Å²) in [6.07, 6.45) is 4.48. The average molecular weight is 141 g/mol. The highest BCUT2D eigenvalue weighted by molar-refractivity contribution is 4.89. The second-order valence-corrected chi connectivity index (χ2v) is 2.70. The number of likely N-dealkylation sites (N-methyl/N-ethyl adjacent to an activating group) is 1. The van der Waals surface area contributed by atoms with E-state index in [4.69, 9.17) is 4.74 Å². The second-order valence-electron chi connectivity index (χ2n) is 2.70. The lowest BCUT2D eigenvalue weighted by Gasteiger charge is -2.27. The standard InChI is InChI=1S/C8H15NO/c1-3-4-8-7-9(2)5-6-10-8/h3-4,8H,5-7H2,1-2H3/b4-3+. The lowest BCUT2D eigenvalue weighted by atomic mass is 10.2. The van der Waals surface area contributed by atoms with Gasteiger partial charge in [-0.3, -0.25) is 0 Å². The summed E-state index contributed by atoms with van der Waals surface area (Å²) in [5.74, 6) is 0. The Bertz CT molecular complexity index is 122. The van der Waals surface area contributed by atoms with Crippen LogP contribution in [0.4, 0.5) is 0 Å². The van der Waals surface area contributed by atoms with Crippen LogP contribution in [-0.2, 0) is 4.74 Å². The Morgan fingerprint density at radius 1 is 1.60 bits per heavy atom. The molecule has 0 saturated carbocycles. The second kappa shape index (κ2) is 3.74. The molecular formula is C8H15NO. The van der Waals surface area contributed by atoms with Crippen LogP contribution in [0.25, 0.3) is 0 Å². The fourth-order valence-electron chi connectivity index (χ4n) is 1.14. The van der Waals surface area contributed by atoms with E-state index in [9.17, 15) is 0 Å². The van der Waals surface area contributed by atoms with Crippen LogP contribution in [0, 0.1) is 0 Å². The summed E-state index contributed by atoms with van der Waals surface area (Å²) in [5, 5.41) is 0. The summed E-state index contributed by atoms with van der Waals surface area (Å²) in [7, 11) is 2.12. The monoisotopic (exact) mass is 141 g/mol. The minimum atomic E-state index is 0.323. The normalized spacial score (nSPS) is 29.6. The van der Waals surface area contributed by atoms with Gasteiger partial charge in [-0.25, -0.2) is 0 Å². The Morgan fingerprint density at radius 2 is 2.40 bits per heavy atom. The molecule has 10 heavy (non-hydrogen) atoms. The summed E-state index contributed by atoms with van der Waals surface area (Å²) in [6, 6.07) is 0. The van der Waals surface area contributed by atoms with Gasteiger partial charge in [0, 0.05) is 13.1 Å². The Hall–Kier alpha value is -0.340. The van der Waals surface area contributed by atoms with E-state index in [1.165, 1.54) is 0 Å². The third-order valence-corrected chi connectivity index (χ3v) is 1.70. The lowest BCUT2D eigenvalue weighted by molar-refractivity contribution is 0.00692. The predicted molar refractivity (Wildman–Crippen MR) is 42.1 cm³/mol. The van der Waals surface area contributed by atoms with Gasteiger partial charge in [0.25, 0.3) is 0 Å². The van der Waals surface area contributed by atoms with Crippen LogP contribution in [0.2, 0.25) is 0 Å². The Balaban J connectivity index is 2.32. The third-order valence-electron chi connectivity index (χ3n) is 1.70. The number of hydrogen-bond acceptors (Lipinski definition) is 2. The van der Waals surface area contributed by atoms with Crippen LogP contribution in [0.3, 0.4) is 0 Å². The summed E-state index contributed by atoms with van der Waals surface area (Å²) in [4.78, 5) is 2.29. The molecule has 0 aromatic heterocycles. The highest BCUT2D eigenvalue weighted by Crippen LogP contribution is 2.03. The van der Waals surface area contributed by atoms with Gasteiger partial charge >= 0.3 is 0 Å². The lowest BCUT2D eigenvalue weighted by Crippen LogP contribution is -2.38. The molecule has 0 bridgehead atoms. The number of allylic oxidation sites excluding steroid dienone is 1. The molecule has 0 aliphatic carbocycles. The summed E-state index contributed by atoms with van der Waals surface area (Å²) >= 11 is 0. The van der Waals surface area contributed by atoms with Crippen molar-refractivity contribution in [2.45, 2.75) is 13.0 Å². The van der Waals surface area contributed by atoms with Crippen molar-refractivity contribution in [2.75, 3.05) is 26.7 Å². The molecule has 1 aliphatic heterocycles. The van der Waals surface area contributed by atoms with E-state index >= 15 is 0 Å². The number of rotatable bonds is 1. The molecule has 1 rings (SSSR count). The predicted octanol–water partition coefficient (Wildman–Crippen LogP) is 0.893. The van der Waals surface area contributed by atoms with Crippen LogP contribution < -0.4 is 0 Å². The first-order valence-electron chi connectivity index (χ1n) is 3.76. The molecule has 2 heteroatoms. The zero-order chi connectivity index (χ0) is 7.40. The fraction of sp³-hybridized carbons (Fsp3) is 0.750. The van der Waals surface area contributed by atoms with E-state index in [0.29, 0.717) is 6.10 Å². The van der Waals surface area contributed by atoms with Gasteiger partial charge in [-0.05, 0) is 14.0 Å². The molecule has 1 unspecified atom stereocenters. The van der Waals surface area contributed by atoms with E-state index in [1.807, 2.05) is 13.0 Å². The van der Waals surface area contributed by atoms with Gasteiger partial charge < -0.3 is 9.64 Å². The molecule has 0 radical (unpaired) electrons. The molecule has 0 amide bonds. The van der Waals surface area contributed by atoms with Gasteiger partial charge in [0.1, 0.15) is 0 Å². The van der Waals surface area contributed by atoms with E-state index in [1.54, 1.807) is 0 Å². The molecule has 1 aliphatic rings. The highest BCUT2D eigenvalue weighted by atomic mass is 16.5. The van der Waals surface area contributed by atoms with E-state index in [-0.39, 0.29) is 0 Å². The molecule has 0 aromatic rings.